The third-order valence-electron chi connectivity index (χ3n) is 13.7. The summed E-state index contributed by atoms with van der Waals surface area (Å²) in [5, 5.41) is 4.07. The zero-order chi connectivity index (χ0) is 33.8. The SMILES string of the molecule is C=C/C=C\C[C@H](CNC(/C=C\C=C)C1CCCCC1)C1C=CC=C/C1=C(/C)C1C=CC(C2CC=C(C3CCCC4CCC=CC43)CC2)CC1. The van der Waals surface area contributed by atoms with E-state index < -0.39 is 0 Å². The van der Waals surface area contributed by atoms with Gasteiger partial charge in [0, 0.05) is 12.0 Å². The molecular weight excluding hydrogens is 591 g/mol. The zero-order valence-corrected chi connectivity index (χ0v) is 30.9. The molecule has 0 radical (unpaired) electrons. The zero-order valence-electron chi connectivity index (χ0n) is 30.9. The molecule has 0 aromatic rings. The van der Waals surface area contributed by atoms with Crippen molar-refractivity contribution in [3.8, 4) is 0 Å². The monoisotopic (exact) mass is 658 g/mol. The standard InChI is InChI=1S/C48H67N/c1-4-6-9-20-43(35-49-48(26-7-5-2)42-18-10-8-11-19-42)47-24-15-14-22-44(47)36(3)37-27-29-38(30-28-37)39-31-33-41(34-32-39)46-25-16-21-40-17-12-13-23-45(40)46/h4-7,9,13-15,22-24,26-27,29,33,37-40,42-43,45-49H,1-2,8,10-12,16-21,25,28,30-32,34-35H2,3H3/b9-6-,26-7-,44-36+/t37?,38?,39?,40?,43-,45?,46?,47?,48?/m1/s1. The molecule has 6 aliphatic rings. The molecule has 264 valence electrons. The van der Waals surface area contributed by atoms with Gasteiger partial charge in [-0.25, -0.2) is 0 Å². The highest BCUT2D eigenvalue weighted by Gasteiger charge is 2.36. The minimum atomic E-state index is 0.424. The maximum absolute atomic E-state index is 4.07. The van der Waals surface area contributed by atoms with E-state index in [-0.39, 0.29) is 0 Å². The lowest BCUT2D eigenvalue weighted by molar-refractivity contribution is 0.192. The second-order valence-electron chi connectivity index (χ2n) is 16.4. The lowest BCUT2D eigenvalue weighted by Crippen LogP contribution is -2.40. The van der Waals surface area contributed by atoms with Gasteiger partial charge in [-0.05, 0) is 143 Å². The van der Waals surface area contributed by atoms with Crippen molar-refractivity contribution in [2.24, 2.45) is 53.3 Å². The van der Waals surface area contributed by atoms with Crippen molar-refractivity contribution in [2.45, 2.75) is 116 Å². The minimum absolute atomic E-state index is 0.424. The summed E-state index contributed by atoms with van der Waals surface area (Å²) in [7, 11) is 0. The number of hydrogen-bond donors (Lipinski definition) is 1. The number of rotatable bonds is 13. The molecule has 0 amide bonds. The van der Waals surface area contributed by atoms with Gasteiger partial charge in [0.05, 0.1) is 0 Å². The van der Waals surface area contributed by atoms with Crippen LogP contribution in [0.15, 0.2) is 121 Å². The van der Waals surface area contributed by atoms with Gasteiger partial charge in [0.1, 0.15) is 0 Å². The predicted molar refractivity (Wildman–Crippen MR) is 213 cm³/mol. The van der Waals surface area contributed by atoms with Crippen molar-refractivity contribution in [3.63, 3.8) is 0 Å². The van der Waals surface area contributed by atoms with Gasteiger partial charge in [-0.1, -0.05) is 141 Å². The van der Waals surface area contributed by atoms with Crippen molar-refractivity contribution in [2.75, 3.05) is 6.54 Å². The van der Waals surface area contributed by atoms with Crippen LogP contribution in [-0.4, -0.2) is 12.6 Å². The van der Waals surface area contributed by atoms with Gasteiger partial charge in [-0.15, -0.1) is 0 Å². The first-order valence-electron chi connectivity index (χ1n) is 20.6. The third kappa shape index (κ3) is 9.38. The van der Waals surface area contributed by atoms with E-state index in [0.29, 0.717) is 23.8 Å². The molecule has 1 N–H and O–H groups in total. The molecule has 0 aromatic carbocycles. The van der Waals surface area contributed by atoms with Crippen molar-refractivity contribution in [3.05, 3.63) is 121 Å². The van der Waals surface area contributed by atoms with E-state index in [0.717, 1.165) is 48.5 Å². The second kappa shape index (κ2) is 18.6. The number of fused-ring (bicyclic) bond motifs is 1. The van der Waals surface area contributed by atoms with Crippen LogP contribution in [0.4, 0.5) is 0 Å². The van der Waals surface area contributed by atoms with E-state index in [1.807, 2.05) is 17.7 Å². The van der Waals surface area contributed by atoms with Crippen LogP contribution < -0.4 is 5.32 Å². The fourth-order valence-corrected chi connectivity index (χ4v) is 10.8. The number of allylic oxidation sites excluding steroid dienone is 17. The highest BCUT2D eigenvalue weighted by atomic mass is 14.9. The summed E-state index contributed by atoms with van der Waals surface area (Å²) in [4.78, 5) is 0. The van der Waals surface area contributed by atoms with Crippen molar-refractivity contribution < 1.29 is 0 Å². The molecule has 1 heteroatoms. The summed E-state index contributed by atoms with van der Waals surface area (Å²) in [5.74, 6) is 6.43. The summed E-state index contributed by atoms with van der Waals surface area (Å²) in [6, 6.07) is 0.424. The van der Waals surface area contributed by atoms with Gasteiger partial charge >= 0.3 is 0 Å². The smallest absolute Gasteiger partial charge is 0.0281 e. The number of nitrogens with one attached hydrogen (secondary N) is 1. The molecule has 0 heterocycles. The Bertz CT molecular complexity index is 1340. The van der Waals surface area contributed by atoms with Crippen LogP contribution in [-0.2, 0) is 0 Å². The molecule has 49 heavy (non-hydrogen) atoms. The maximum Gasteiger partial charge on any atom is 0.0281 e. The lowest BCUT2D eigenvalue weighted by Gasteiger charge is -2.42. The number of hydrogen-bond acceptors (Lipinski definition) is 1. The summed E-state index contributed by atoms with van der Waals surface area (Å²) in [6.45, 7) is 11.4. The Kier molecular flexibility index (Phi) is 13.7. The molecule has 0 aromatic heterocycles. The van der Waals surface area contributed by atoms with Crippen LogP contribution in [0.25, 0.3) is 0 Å². The average molecular weight is 658 g/mol. The molecule has 2 saturated carbocycles. The van der Waals surface area contributed by atoms with Gasteiger partial charge in [0.25, 0.3) is 0 Å². The van der Waals surface area contributed by atoms with Crippen LogP contribution in [0.5, 0.6) is 0 Å². The van der Waals surface area contributed by atoms with Gasteiger partial charge in [-0.3, -0.25) is 0 Å². The van der Waals surface area contributed by atoms with E-state index in [4.69, 9.17) is 0 Å². The first kappa shape index (κ1) is 36.2. The van der Waals surface area contributed by atoms with Gasteiger partial charge in [0.2, 0.25) is 0 Å². The highest BCUT2D eigenvalue weighted by Crippen LogP contribution is 2.48. The van der Waals surface area contributed by atoms with Gasteiger partial charge in [0.15, 0.2) is 0 Å². The lowest BCUT2D eigenvalue weighted by atomic mass is 9.63. The summed E-state index contributed by atoms with van der Waals surface area (Å²) in [6.07, 6.45) is 57.1. The molecule has 8 unspecified atom stereocenters. The van der Waals surface area contributed by atoms with Crippen molar-refractivity contribution in [1.29, 1.82) is 0 Å². The third-order valence-corrected chi connectivity index (χ3v) is 13.7. The minimum Gasteiger partial charge on any atom is -0.310 e. The van der Waals surface area contributed by atoms with Crippen LogP contribution in [0, 0.1) is 53.3 Å². The Morgan fingerprint density at radius 3 is 2.51 bits per heavy atom. The van der Waals surface area contributed by atoms with Gasteiger partial charge in [-0.2, -0.15) is 0 Å². The Morgan fingerprint density at radius 2 is 1.73 bits per heavy atom. The van der Waals surface area contributed by atoms with E-state index >= 15 is 0 Å². The molecule has 0 spiro atoms. The largest absolute Gasteiger partial charge is 0.310 e. The second-order valence-corrected chi connectivity index (χ2v) is 16.4. The van der Waals surface area contributed by atoms with Crippen molar-refractivity contribution >= 4 is 0 Å². The first-order chi connectivity index (χ1) is 24.2. The van der Waals surface area contributed by atoms with E-state index in [2.05, 4.69) is 104 Å². The molecule has 9 atom stereocenters. The normalized spacial score (nSPS) is 34.5. The Morgan fingerprint density at radius 1 is 0.857 bits per heavy atom. The molecule has 6 rings (SSSR count). The maximum atomic E-state index is 4.07. The van der Waals surface area contributed by atoms with Gasteiger partial charge < -0.3 is 5.32 Å². The van der Waals surface area contributed by atoms with E-state index in [9.17, 15) is 0 Å². The molecule has 1 nitrogen and oxygen atoms in total. The van der Waals surface area contributed by atoms with Crippen LogP contribution >= 0.6 is 0 Å². The fourth-order valence-electron chi connectivity index (χ4n) is 10.8. The quantitative estimate of drug-likeness (QED) is 0.153. The molecular formula is C48H67N. The Labute approximate surface area is 301 Å². The van der Waals surface area contributed by atoms with Crippen LogP contribution in [0.3, 0.4) is 0 Å². The summed E-state index contributed by atoms with van der Waals surface area (Å²) in [5.41, 5.74) is 4.97. The topological polar surface area (TPSA) is 12.0 Å². The first-order valence-corrected chi connectivity index (χ1v) is 20.6. The van der Waals surface area contributed by atoms with E-state index in [1.165, 1.54) is 96.3 Å². The summed E-state index contributed by atoms with van der Waals surface area (Å²) < 4.78 is 0. The highest BCUT2D eigenvalue weighted by molar-refractivity contribution is 5.39. The van der Waals surface area contributed by atoms with E-state index in [1.54, 1.807) is 11.1 Å². The summed E-state index contributed by atoms with van der Waals surface area (Å²) >= 11 is 0. The fraction of sp³-hybridized carbons (Fsp3) is 0.583. The average Bonchev–Trinajstić information content (AvgIpc) is 3.17. The molecule has 6 aliphatic carbocycles. The molecule has 2 fully saturated rings. The van der Waals surface area contributed by atoms with Crippen LogP contribution in [0.2, 0.25) is 0 Å². The molecule has 0 saturated heterocycles. The predicted octanol–water partition coefficient (Wildman–Crippen LogP) is 12.8. The molecule has 0 aliphatic heterocycles. The Hall–Kier alpha value is -2.64. The van der Waals surface area contributed by atoms with Crippen molar-refractivity contribution in [1.82, 2.24) is 5.32 Å². The van der Waals surface area contributed by atoms with Crippen LogP contribution in [0.1, 0.15) is 110 Å². The Balaban J connectivity index is 1.11. The molecule has 0 bridgehead atoms.